The number of nitriles is 1. The molecule has 1 aliphatic heterocycles. The van der Waals surface area contributed by atoms with Gasteiger partial charge in [0, 0.05) is 24.0 Å². The number of rotatable bonds is 4. The Morgan fingerprint density at radius 3 is 3.05 bits per heavy atom. The first kappa shape index (κ1) is 14.9. The van der Waals surface area contributed by atoms with Crippen LogP contribution in [0.25, 0.3) is 0 Å². The number of halogens is 1. The number of thiophene rings is 1. The fourth-order valence-electron chi connectivity index (χ4n) is 2.37. The molecule has 19 heavy (non-hydrogen) atoms. The van der Waals surface area contributed by atoms with Crippen LogP contribution >= 0.6 is 27.3 Å². The Hall–Kier alpha value is -0.450. The van der Waals surface area contributed by atoms with E-state index in [1.807, 2.05) is 0 Å². The third-order valence-electron chi connectivity index (χ3n) is 3.40. The lowest BCUT2D eigenvalue weighted by molar-refractivity contribution is -0.0216. The molecule has 0 radical (unpaired) electrons. The summed E-state index contributed by atoms with van der Waals surface area (Å²) in [5.74, 6) is 0. The second-order valence-electron chi connectivity index (χ2n) is 4.64. The Kier molecular flexibility index (Phi) is 5.37. The summed E-state index contributed by atoms with van der Waals surface area (Å²) in [6.45, 7) is 4.15. The summed E-state index contributed by atoms with van der Waals surface area (Å²) in [5, 5.41) is 9.02. The van der Waals surface area contributed by atoms with Crippen molar-refractivity contribution in [2.75, 3.05) is 19.7 Å². The molecule has 1 fully saturated rings. The normalized spacial score (nSPS) is 23.8. The summed E-state index contributed by atoms with van der Waals surface area (Å²) in [4.78, 5) is 3.53. The van der Waals surface area contributed by atoms with E-state index in [-0.39, 0.29) is 18.2 Å². The van der Waals surface area contributed by atoms with E-state index in [0.29, 0.717) is 13.2 Å². The van der Waals surface area contributed by atoms with Gasteiger partial charge in [0.1, 0.15) is 0 Å². The van der Waals surface area contributed by atoms with Gasteiger partial charge in [-0.15, -0.1) is 11.3 Å². The average molecular weight is 344 g/mol. The van der Waals surface area contributed by atoms with Gasteiger partial charge in [0.15, 0.2) is 6.10 Å². The summed E-state index contributed by atoms with van der Waals surface area (Å²) < 4.78 is 6.52. The molecular formula is C13H18BrN3OS. The van der Waals surface area contributed by atoms with Crippen molar-refractivity contribution in [3.05, 3.63) is 20.8 Å². The predicted octanol–water partition coefficient (Wildman–Crippen LogP) is 2.51. The van der Waals surface area contributed by atoms with Crippen molar-refractivity contribution in [3.8, 4) is 6.07 Å². The Morgan fingerprint density at radius 2 is 2.47 bits per heavy atom. The minimum Gasteiger partial charge on any atom is -0.361 e. The van der Waals surface area contributed by atoms with Gasteiger partial charge >= 0.3 is 0 Å². The zero-order valence-corrected chi connectivity index (χ0v) is 13.3. The number of nitrogens with zero attached hydrogens (tertiary/aromatic N) is 2. The highest BCUT2D eigenvalue weighted by Crippen LogP contribution is 2.34. The lowest BCUT2D eigenvalue weighted by atomic mass is 10.0. The molecule has 6 heteroatoms. The molecule has 1 aromatic heterocycles. The maximum Gasteiger partial charge on any atom is 0.156 e. The van der Waals surface area contributed by atoms with Crippen LogP contribution in [0.1, 0.15) is 24.3 Å². The topological polar surface area (TPSA) is 62.3 Å². The number of morpholine rings is 1. The van der Waals surface area contributed by atoms with Gasteiger partial charge < -0.3 is 10.5 Å². The van der Waals surface area contributed by atoms with Crippen LogP contribution in [0.3, 0.4) is 0 Å². The minimum absolute atomic E-state index is 0.0722. The molecule has 0 aliphatic carbocycles. The molecule has 1 saturated heterocycles. The quantitative estimate of drug-likeness (QED) is 0.912. The van der Waals surface area contributed by atoms with Crippen molar-refractivity contribution in [1.82, 2.24) is 4.90 Å². The van der Waals surface area contributed by atoms with Crippen LogP contribution in [-0.2, 0) is 4.74 Å². The van der Waals surface area contributed by atoms with Crippen molar-refractivity contribution < 1.29 is 4.74 Å². The summed E-state index contributed by atoms with van der Waals surface area (Å²) >= 11 is 5.22. The van der Waals surface area contributed by atoms with E-state index in [0.717, 1.165) is 16.8 Å². The van der Waals surface area contributed by atoms with E-state index in [1.54, 1.807) is 11.3 Å². The summed E-state index contributed by atoms with van der Waals surface area (Å²) in [6.07, 6.45) is 0.568. The molecular weight excluding hydrogens is 326 g/mol. The fourth-order valence-corrected chi connectivity index (χ4v) is 4.01. The lowest BCUT2D eigenvalue weighted by Gasteiger charge is -2.38. The zero-order valence-electron chi connectivity index (χ0n) is 10.9. The van der Waals surface area contributed by atoms with E-state index in [9.17, 15) is 0 Å². The van der Waals surface area contributed by atoms with Gasteiger partial charge in [-0.2, -0.15) is 5.26 Å². The van der Waals surface area contributed by atoms with Crippen LogP contribution in [0, 0.1) is 11.3 Å². The monoisotopic (exact) mass is 343 g/mol. The molecule has 4 nitrogen and oxygen atoms in total. The van der Waals surface area contributed by atoms with Gasteiger partial charge in [0.05, 0.1) is 22.5 Å². The van der Waals surface area contributed by atoms with Crippen LogP contribution in [0.15, 0.2) is 15.9 Å². The van der Waals surface area contributed by atoms with Crippen molar-refractivity contribution in [2.45, 2.75) is 31.5 Å². The Balaban J connectivity index is 2.20. The van der Waals surface area contributed by atoms with Gasteiger partial charge in [0.25, 0.3) is 0 Å². The van der Waals surface area contributed by atoms with Gasteiger partial charge in [-0.1, -0.05) is 6.92 Å². The summed E-state index contributed by atoms with van der Waals surface area (Å²) in [7, 11) is 0. The molecule has 2 heterocycles. The highest BCUT2D eigenvalue weighted by molar-refractivity contribution is 9.11. The number of hydrogen-bond acceptors (Lipinski definition) is 5. The maximum absolute atomic E-state index is 9.02. The molecule has 1 aromatic rings. The molecule has 0 spiro atoms. The zero-order chi connectivity index (χ0) is 13.8. The molecule has 1 aliphatic rings. The highest BCUT2D eigenvalue weighted by atomic mass is 79.9. The fraction of sp³-hybridized carbons (Fsp3) is 0.615. The van der Waals surface area contributed by atoms with Crippen LogP contribution in [0.2, 0.25) is 0 Å². The van der Waals surface area contributed by atoms with E-state index in [4.69, 9.17) is 15.7 Å². The van der Waals surface area contributed by atoms with Crippen molar-refractivity contribution >= 4 is 27.3 Å². The summed E-state index contributed by atoms with van der Waals surface area (Å²) in [5.41, 5.74) is 6.30. The van der Waals surface area contributed by atoms with Crippen LogP contribution in [0.4, 0.5) is 0 Å². The number of nitrogens with two attached hydrogens (primary N) is 1. The highest BCUT2D eigenvalue weighted by Gasteiger charge is 2.31. The molecule has 0 amide bonds. The van der Waals surface area contributed by atoms with Gasteiger partial charge in [-0.05, 0) is 34.5 Å². The van der Waals surface area contributed by atoms with Gasteiger partial charge in [-0.3, -0.25) is 4.90 Å². The Labute approximate surface area is 126 Å². The first-order valence-electron chi connectivity index (χ1n) is 6.41. The average Bonchev–Trinajstić information content (AvgIpc) is 2.85. The SMILES string of the molecule is CCC(N)C(c1ccc(Br)s1)N1CCOC(C#N)C1. The van der Waals surface area contributed by atoms with Crippen LogP contribution in [0.5, 0.6) is 0 Å². The molecule has 3 unspecified atom stereocenters. The molecule has 2 N–H and O–H groups in total. The largest absolute Gasteiger partial charge is 0.361 e. The molecule has 104 valence electrons. The molecule has 0 bridgehead atoms. The molecule has 2 rings (SSSR count). The first-order chi connectivity index (χ1) is 9.15. The minimum atomic E-state index is -0.344. The summed E-state index contributed by atoms with van der Waals surface area (Å²) in [6, 6.07) is 6.60. The van der Waals surface area contributed by atoms with E-state index >= 15 is 0 Å². The second-order valence-corrected chi connectivity index (χ2v) is 7.14. The van der Waals surface area contributed by atoms with Gasteiger partial charge in [0.2, 0.25) is 0 Å². The molecule has 0 saturated carbocycles. The van der Waals surface area contributed by atoms with Crippen molar-refractivity contribution in [3.63, 3.8) is 0 Å². The standard InChI is InChI=1S/C13H18BrN3OS/c1-2-10(16)13(11-3-4-12(14)19-11)17-5-6-18-9(7-15)8-17/h3-4,9-10,13H,2,5-6,8,16H2,1H3. The van der Waals surface area contributed by atoms with Crippen molar-refractivity contribution in [1.29, 1.82) is 5.26 Å². The van der Waals surface area contributed by atoms with E-state index in [1.165, 1.54) is 4.88 Å². The lowest BCUT2D eigenvalue weighted by Crippen LogP contribution is -2.48. The Bertz CT molecular complexity index is 459. The van der Waals surface area contributed by atoms with Crippen molar-refractivity contribution in [2.24, 2.45) is 5.73 Å². The first-order valence-corrected chi connectivity index (χ1v) is 8.02. The predicted molar refractivity (Wildman–Crippen MR) is 80.0 cm³/mol. The van der Waals surface area contributed by atoms with Gasteiger partial charge in [-0.25, -0.2) is 0 Å². The second kappa shape index (κ2) is 6.82. The van der Waals surface area contributed by atoms with E-state index in [2.05, 4.69) is 46.0 Å². The van der Waals surface area contributed by atoms with Crippen LogP contribution < -0.4 is 5.73 Å². The third-order valence-corrected chi connectivity index (χ3v) is 5.09. The maximum atomic E-state index is 9.02. The van der Waals surface area contributed by atoms with Crippen LogP contribution in [-0.4, -0.2) is 36.7 Å². The Morgan fingerprint density at radius 1 is 1.68 bits per heavy atom. The molecule has 3 atom stereocenters. The number of hydrogen-bond donors (Lipinski definition) is 1. The smallest absolute Gasteiger partial charge is 0.156 e. The molecule has 0 aromatic carbocycles. The van der Waals surface area contributed by atoms with E-state index < -0.39 is 0 Å². The third kappa shape index (κ3) is 3.56. The number of ether oxygens (including phenoxy) is 1.